The van der Waals surface area contributed by atoms with Gasteiger partial charge in [-0.1, -0.05) is 0 Å². The molecule has 8 nitrogen and oxygen atoms in total. The van der Waals surface area contributed by atoms with Gasteiger partial charge in [0.25, 0.3) is 0 Å². The third-order valence-corrected chi connectivity index (χ3v) is 5.01. The molecule has 0 radical (unpaired) electrons. The van der Waals surface area contributed by atoms with Gasteiger partial charge < -0.3 is 4.18 Å². The van der Waals surface area contributed by atoms with E-state index in [2.05, 4.69) is 4.18 Å². The average molecular weight is 317 g/mol. The monoisotopic (exact) mass is 317 g/mol. The molecule has 0 aromatic heterocycles. The van der Waals surface area contributed by atoms with Crippen LogP contribution in [-0.4, -0.2) is 50.9 Å². The zero-order valence-electron chi connectivity index (χ0n) is 11.2. The molecule has 0 saturated carbocycles. The molecule has 0 atom stereocenters. The van der Waals surface area contributed by atoms with Crippen molar-refractivity contribution in [1.29, 1.82) is 0 Å². The average Bonchev–Trinajstić information content (AvgIpc) is 2.13. The van der Waals surface area contributed by atoms with Gasteiger partial charge in [-0.3, -0.25) is 14.2 Å². The lowest BCUT2D eigenvalue weighted by Gasteiger charge is -2.29. The van der Waals surface area contributed by atoms with Gasteiger partial charge in [0.1, 0.15) is 0 Å². The molecule has 0 aliphatic heterocycles. The summed E-state index contributed by atoms with van der Waals surface area (Å²) in [6, 6.07) is 0.261. The van der Waals surface area contributed by atoms with Crippen molar-refractivity contribution in [3.8, 4) is 0 Å². The van der Waals surface area contributed by atoms with E-state index in [1.165, 1.54) is 0 Å². The molecule has 0 aromatic rings. The first kappa shape index (κ1) is 18.3. The Labute approximate surface area is 113 Å². The SMILES string of the molecule is CC(C)N(CCC(=O)OS(=O)(=O)S(=O)(=O)O)C(C)C. The van der Waals surface area contributed by atoms with Crippen molar-refractivity contribution in [1.82, 2.24) is 4.90 Å². The van der Waals surface area contributed by atoms with Gasteiger partial charge in [-0.2, -0.15) is 16.8 Å². The molecular formula is C9H19NO7S2. The lowest BCUT2D eigenvalue weighted by molar-refractivity contribution is -0.134. The molecule has 0 bridgehead atoms. The molecule has 114 valence electrons. The lowest BCUT2D eigenvalue weighted by atomic mass is 10.2. The van der Waals surface area contributed by atoms with E-state index in [4.69, 9.17) is 4.55 Å². The number of carbonyl (C=O) groups is 1. The van der Waals surface area contributed by atoms with Crippen LogP contribution in [0.2, 0.25) is 0 Å². The molecule has 0 rings (SSSR count). The lowest BCUT2D eigenvalue weighted by Crippen LogP contribution is -2.38. The van der Waals surface area contributed by atoms with E-state index in [-0.39, 0.29) is 25.0 Å². The van der Waals surface area contributed by atoms with Gasteiger partial charge in [-0.15, -0.1) is 0 Å². The van der Waals surface area contributed by atoms with Gasteiger partial charge in [0, 0.05) is 18.6 Å². The number of hydrogen-bond acceptors (Lipinski definition) is 7. The molecule has 0 aliphatic carbocycles. The first-order valence-electron chi connectivity index (χ1n) is 5.59. The number of rotatable bonds is 7. The van der Waals surface area contributed by atoms with Gasteiger partial charge in [0.15, 0.2) is 0 Å². The van der Waals surface area contributed by atoms with E-state index in [1.807, 2.05) is 32.6 Å². The van der Waals surface area contributed by atoms with Crippen molar-refractivity contribution in [2.24, 2.45) is 0 Å². The summed E-state index contributed by atoms with van der Waals surface area (Å²) in [5, 5.41) is 0. The Morgan fingerprint density at radius 3 is 1.84 bits per heavy atom. The van der Waals surface area contributed by atoms with Crippen LogP contribution in [0.4, 0.5) is 0 Å². The van der Waals surface area contributed by atoms with Gasteiger partial charge in [0.2, 0.25) is 0 Å². The third kappa shape index (κ3) is 5.85. The molecular weight excluding hydrogens is 298 g/mol. The Balaban J connectivity index is 4.59. The molecule has 0 spiro atoms. The highest BCUT2D eigenvalue weighted by Crippen LogP contribution is 2.08. The van der Waals surface area contributed by atoms with Gasteiger partial charge in [0.05, 0.1) is 6.42 Å². The van der Waals surface area contributed by atoms with E-state index in [0.29, 0.717) is 0 Å². The predicted octanol–water partition coefficient (Wildman–Crippen LogP) is 0.171. The van der Waals surface area contributed by atoms with Gasteiger partial charge in [-0.05, 0) is 27.7 Å². The zero-order chi connectivity index (χ0) is 15.4. The fraction of sp³-hybridized carbons (Fsp3) is 0.889. The number of hydrogen-bond donors (Lipinski definition) is 1. The third-order valence-electron chi connectivity index (χ3n) is 2.35. The summed E-state index contributed by atoms with van der Waals surface area (Å²) in [6.07, 6.45) is -0.300. The normalized spacial score (nSPS) is 13.3. The van der Waals surface area contributed by atoms with Crippen molar-refractivity contribution >= 4 is 24.3 Å². The minimum Gasteiger partial charge on any atom is -0.333 e. The Bertz CT molecular complexity index is 499. The van der Waals surface area contributed by atoms with Crippen LogP contribution in [0.25, 0.3) is 0 Å². The predicted molar refractivity (Wildman–Crippen MR) is 68.2 cm³/mol. The fourth-order valence-electron chi connectivity index (χ4n) is 1.53. The van der Waals surface area contributed by atoms with Crippen LogP contribution < -0.4 is 0 Å². The molecule has 0 heterocycles. The van der Waals surface area contributed by atoms with Crippen LogP contribution in [0, 0.1) is 0 Å². The summed E-state index contributed by atoms with van der Waals surface area (Å²) in [4.78, 5) is 13.2. The second-order valence-electron chi connectivity index (χ2n) is 4.47. The largest absolute Gasteiger partial charge is 0.446 e. The van der Waals surface area contributed by atoms with Crippen molar-refractivity contribution in [3.05, 3.63) is 0 Å². The first-order valence-corrected chi connectivity index (χ1v) is 8.95. The zero-order valence-corrected chi connectivity index (χ0v) is 12.9. The minimum atomic E-state index is -5.45. The Morgan fingerprint density at radius 1 is 1.11 bits per heavy atom. The summed E-state index contributed by atoms with van der Waals surface area (Å²) in [5.74, 6) is -1.23. The smallest absolute Gasteiger partial charge is 0.333 e. The first-order chi connectivity index (χ1) is 8.38. The van der Waals surface area contributed by atoms with Crippen LogP contribution in [0.5, 0.6) is 0 Å². The Morgan fingerprint density at radius 2 is 1.53 bits per heavy atom. The van der Waals surface area contributed by atoms with E-state index < -0.39 is 24.3 Å². The highest BCUT2D eigenvalue weighted by molar-refractivity contribution is 8.63. The topological polar surface area (TPSA) is 118 Å². The maximum Gasteiger partial charge on any atom is 0.446 e. The van der Waals surface area contributed by atoms with Gasteiger partial charge in [-0.25, -0.2) is 0 Å². The highest BCUT2D eigenvalue weighted by atomic mass is 33.2. The Kier molecular flexibility index (Phi) is 6.39. The maximum atomic E-state index is 11.3. The maximum absolute atomic E-state index is 11.3. The molecule has 0 aliphatic rings. The molecule has 0 saturated heterocycles. The van der Waals surface area contributed by atoms with Crippen molar-refractivity contribution in [2.45, 2.75) is 46.2 Å². The molecule has 1 N–H and O–H groups in total. The Hall–Kier alpha value is -0.710. The van der Waals surface area contributed by atoms with Crippen molar-refractivity contribution in [3.63, 3.8) is 0 Å². The summed E-state index contributed by atoms with van der Waals surface area (Å²) in [6.45, 7) is 7.83. The fourth-order valence-corrected chi connectivity index (χ4v) is 2.41. The quantitative estimate of drug-likeness (QED) is 0.521. The molecule has 19 heavy (non-hydrogen) atoms. The van der Waals surface area contributed by atoms with Crippen LogP contribution in [0.3, 0.4) is 0 Å². The van der Waals surface area contributed by atoms with E-state index in [1.54, 1.807) is 0 Å². The van der Waals surface area contributed by atoms with E-state index in [0.717, 1.165) is 0 Å². The minimum absolute atomic E-state index is 0.131. The molecule has 0 fully saturated rings. The summed E-state index contributed by atoms with van der Waals surface area (Å²) in [5.41, 5.74) is 0. The standard InChI is InChI=1S/C9H19NO7S2/c1-7(2)10(8(3)4)6-5-9(11)17-19(15,16)18(12,13)14/h7-8H,5-6H2,1-4H3,(H,12,13,14). The summed E-state index contributed by atoms with van der Waals surface area (Å²) in [7, 11) is -10.8. The number of nitrogens with zero attached hydrogens (tertiary/aromatic N) is 1. The number of carbonyl (C=O) groups excluding carboxylic acids is 1. The second-order valence-corrected chi connectivity index (χ2v) is 8.79. The van der Waals surface area contributed by atoms with Gasteiger partial charge >= 0.3 is 24.3 Å². The molecule has 0 amide bonds. The summed E-state index contributed by atoms with van der Waals surface area (Å²) >= 11 is 0. The van der Waals surface area contributed by atoms with Crippen molar-refractivity contribution in [2.75, 3.05) is 6.54 Å². The van der Waals surface area contributed by atoms with E-state index in [9.17, 15) is 21.6 Å². The van der Waals surface area contributed by atoms with Crippen LogP contribution in [0.15, 0.2) is 0 Å². The highest BCUT2D eigenvalue weighted by Gasteiger charge is 2.32. The van der Waals surface area contributed by atoms with Crippen LogP contribution in [0.1, 0.15) is 34.1 Å². The van der Waals surface area contributed by atoms with E-state index >= 15 is 0 Å². The molecule has 0 unspecified atom stereocenters. The van der Waals surface area contributed by atoms with Crippen molar-refractivity contribution < 1.29 is 30.4 Å². The second kappa shape index (κ2) is 6.64. The van der Waals surface area contributed by atoms with Crippen LogP contribution >= 0.6 is 0 Å². The van der Waals surface area contributed by atoms with Crippen LogP contribution in [-0.2, 0) is 27.3 Å². The summed E-state index contributed by atoms with van der Waals surface area (Å²) < 4.78 is 54.7. The molecule has 10 heteroatoms. The molecule has 0 aromatic carbocycles.